The maximum Gasteiger partial charge on any atom is 0.177 e. The molecule has 0 amide bonds. The van der Waals surface area contributed by atoms with Gasteiger partial charge in [0.25, 0.3) is 0 Å². The Kier molecular flexibility index (Phi) is 5.32. The van der Waals surface area contributed by atoms with E-state index < -0.39 is 0 Å². The van der Waals surface area contributed by atoms with Crippen LogP contribution in [0.2, 0.25) is 0 Å². The topological polar surface area (TPSA) is 40.5 Å². The van der Waals surface area contributed by atoms with Gasteiger partial charge in [0.05, 0.1) is 6.54 Å². The number of aryl methyl sites for hydroxylation is 2. The number of hydrogen-bond donors (Lipinski definition) is 1. The molecule has 110 valence electrons. The number of carbonyl (C=O) groups is 1. The first-order valence-corrected chi connectivity index (χ1v) is 7.57. The monoisotopic (exact) mass is 275 g/mol. The van der Waals surface area contributed by atoms with Crippen molar-refractivity contribution >= 4 is 5.78 Å². The summed E-state index contributed by atoms with van der Waals surface area (Å²) in [5.74, 6) is 0.201. The van der Waals surface area contributed by atoms with Crippen LogP contribution in [0.4, 0.5) is 0 Å². The molecule has 1 aliphatic rings. The standard InChI is InChI=1S/C17H25NO2/c1-13-7-8-16(14(2)11-13)17(20)12-18(9-4-10-19)15-5-3-6-15/h7-8,11,15,19H,3-6,9-10,12H2,1-2H3. The van der Waals surface area contributed by atoms with Crippen LogP contribution in [0.15, 0.2) is 18.2 Å². The second kappa shape index (κ2) is 7.00. The van der Waals surface area contributed by atoms with E-state index in [1.165, 1.54) is 24.8 Å². The molecule has 0 bridgehead atoms. The highest BCUT2D eigenvalue weighted by molar-refractivity contribution is 5.99. The molecule has 20 heavy (non-hydrogen) atoms. The first-order chi connectivity index (χ1) is 9.61. The van der Waals surface area contributed by atoms with Gasteiger partial charge in [-0.15, -0.1) is 0 Å². The molecule has 0 spiro atoms. The SMILES string of the molecule is Cc1ccc(C(=O)CN(CCCO)C2CCC2)c(C)c1. The first kappa shape index (κ1) is 15.2. The summed E-state index contributed by atoms with van der Waals surface area (Å²) in [5, 5.41) is 9.00. The van der Waals surface area contributed by atoms with E-state index in [1.807, 2.05) is 26.0 Å². The van der Waals surface area contributed by atoms with Crippen LogP contribution in [0.5, 0.6) is 0 Å². The Balaban J connectivity index is 2.03. The minimum atomic E-state index is 0.195. The summed E-state index contributed by atoms with van der Waals surface area (Å²) in [7, 11) is 0. The zero-order chi connectivity index (χ0) is 14.5. The third-order valence-corrected chi connectivity index (χ3v) is 4.22. The van der Waals surface area contributed by atoms with Gasteiger partial charge >= 0.3 is 0 Å². The second-order valence-corrected chi connectivity index (χ2v) is 5.87. The highest BCUT2D eigenvalue weighted by atomic mass is 16.3. The van der Waals surface area contributed by atoms with Gasteiger partial charge in [-0.1, -0.05) is 30.2 Å². The molecule has 1 aromatic rings. The van der Waals surface area contributed by atoms with Gasteiger partial charge in [0.2, 0.25) is 0 Å². The Bertz CT molecular complexity index is 466. The van der Waals surface area contributed by atoms with Crippen molar-refractivity contribution in [3.63, 3.8) is 0 Å². The number of hydrogen-bond acceptors (Lipinski definition) is 3. The highest BCUT2D eigenvalue weighted by Gasteiger charge is 2.26. The highest BCUT2D eigenvalue weighted by Crippen LogP contribution is 2.25. The fourth-order valence-electron chi connectivity index (χ4n) is 2.81. The molecule has 0 unspecified atom stereocenters. The van der Waals surface area contributed by atoms with Gasteiger partial charge in [-0.3, -0.25) is 9.69 Å². The zero-order valence-corrected chi connectivity index (χ0v) is 12.6. The molecule has 2 rings (SSSR count). The van der Waals surface area contributed by atoms with E-state index in [4.69, 9.17) is 5.11 Å². The van der Waals surface area contributed by atoms with Gasteiger partial charge in [0.1, 0.15) is 0 Å². The summed E-state index contributed by atoms with van der Waals surface area (Å²) in [5.41, 5.74) is 3.09. The van der Waals surface area contributed by atoms with Crippen LogP contribution < -0.4 is 0 Å². The Hall–Kier alpha value is -1.19. The summed E-state index contributed by atoms with van der Waals surface area (Å²) >= 11 is 0. The largest absolute Gasteiger partial charge is 0.396 e. The molecule has 0 heterocycles. The fourth-order valence-corrected chi connectivity index (χ4v) is 2.81. The molecule has 1 fully saturated rings. The number of nitrogens with zero attached hydrogens (tertiary/aromatic N) is 1. The van der Waals surface area contributed by atoms with Crippen molar-refractivity contribution in [1.82, 2.24) is 4.90 Å². The summed E-state index contributed by atoms with van der Waals surface area (Å²) in [6.45, 7) is 5.54. The van der Waals surface area contributed by atoms with Gasteiger partial charge in [-0.2, -0.15) is 0 Å². The van der Waals surface area contributed by atoms with Gasteiger partial charge < -0.3 is 5.11 Å². The maximum absolute atomic E-state index is 12.5. The van der Waals surface area contributed by atoms with Crippen molar-refractivity contribution in [1.29, 1.82) is 0 Å². The maximum atomic E-state index is 12.5. The summed E-state index contributed by atoms with van der Waals surface area (Å²) < 4.78 is 0. The van der Waals surface area contributed by atoms with Crippen molar-refractivity contribution in [2.24, 2.45) is 0 Å². The Morgan fingerprint density at radius 2 is 2.10 bits per heavy atom. The number of aliphatic hydroxyl groups is 1. The van der Waals surface area contributed by atoms with Gasteiger partial charge in [0.15, 0.2) is 5.78 Å². The van der Waals surface area contributed by atoms with Crippen LogP contribution in [0.25, 0.3) is 0 Å². The van der Waals surface area contributed by atoms with Crippen LogP contribution in [0.1, 0.15) is 47.2 Å². The number of aliphatic hydroxyl groups excluding tert-OH is 1. The van der Waals surface area contributed by atoms with Crippen molar-refractivity contribution < 1.29 is 9.90 Å². The number of ketones is 1. The lowest BCUT2D eigenvalue weighted by Crippen LogP contribution is -2.43. The summed E-state index contributed by atoms with van der Waals surface area (Å²) in [4.78, 5) is 14.7. The van der Waals surface area contributed by atoms with E-state index in [0.29, 0.717) is 12.6 Å². The Labute approximate surface area is 121 Å². The minimum absolute atomic E-state index is 0.195. The van der Waals surface area contributed by atoms with Crippen molar-refractivity contribution in [2.75, 3.05) is 19.7 Å². The van der Waals surface area contributed by atoms with Crippen molar-refractivity contribution in [2.45, 2.75) is 45.6 Å². The second-order valence-electron chi connectivity index (χ2n) is 5.87. The molecule has 3 nitrogen and oxygen atoms in total. The molecule has 0 aromatic heterocycles. The molecule has 1 saturated carbocycles. The van der Waals surface area contributed by atoms with Crippen LogP contribution in [0, 0.1) is 13.8 Å². The predicted molar refractivity (Wildman–Crippen MR) is 81.2 cm³/mol. The smallest absolute Gasteiger partial charge is 0.177 e. The average Bonchev–Trinajstić information content (AvgIpc) is 2.33. The summed E-state index contributed by atoms with van der Waals surface area (Å²) in [6, 6.07) is 6.55. The lowest BCUT2D eigenvalue weighted by Gasteiger charge is -2.37. The first-order valence-electron chi connectivity index (χ1n) is 7.57. The van der Waals surface area contributed by atoms with E-state index in [0.717, 1.165) is 24.1 Å². The lowest BCUT2D eigenvalue weighted by atomic mass is 9.90. The molecular weight excluding hydrogens is 250 g/mol. The van der Waals surface area contributed by atoms with E-state index in [2.05, 4.69) is 11.0 Å². The molecule has 0 saturated heterocycles. The number of carbonyl (C=O) groups excluding carboxylic acids is 1. The van der Waals surface area contributed by atoms with E-state index >= 15 is 0 Å². The lowest BCUT2D eigenvalue weighted by molar-refractivity contribution is 0.0787. The van der Waals surface area contributed by atoms with Crippen molar-refractivity contribution in [3.05, 3.63) is 34.9 Å². The van der Waals surface area contributed by atoms with Crippen LogP contribution in [-0.2, 0) is 0 Å². The third kappa shape index (κ3) is 3.68. The van der Waals surface area contributed by atoms with Crippen LogP contribution in [0.3, 0.4) is 0 Å². The quantitative estimate of drug-likeness (QED) is 0.778. The Morgan fingerprint density at radius 3 is 2.65 bits per heavy atom. The van der Waals surface area contributed by atoms with E-state index in [1.54, 1.807) is 0 Å². The zero-order valence-electron chi connectivity index (χ0n) is 12.6. The molecule has 0 atom stereocenters. The van der Waals surface area contributed by atoms with Gasteiger partial charge in [-0.25, -0.2) is 0 Å². The molecule has 0 aliphatic heterocycles. The van der Waals surface area contributed by atoms with E-state index in [9.17, 15) is 4.79 Å². The molecular formula is C17H25NO2. The normalized spacial score (nSPS) is 15.4. The Morgan fingerprint density at radius 1 is 1.35 bits per heavy atom. The van der Waals surface area contributed by atoms with Gasteiger partial charge in [0, 0.05) is 24.8 Å². The number of Topliss-reactive ketones (excluding diaryl/α,β-unsaturated/α-hetero) is 1. The van der Waals surface area contributed by atoms with Crippen LogP contribution in [-0.4, -0.2) is 41.5 Å². The number of rotatable bonds is 7. The average molecular weight is 275 g/mol. The summed E-state index contributed by atoms with van der Waals surface area (Å²) in [6.07, 6.45) is 4.38. The molecule has 0 radical (unpaired) electrons. The molecule has 1 aliphatic carbocycles. The van der Waals surface area contributed by atoms with E-state index in [-0.39, 0.29) is 12.4 Å². The molecule has 1 aromatic carbocycles. The minimum Gasteiger partial charge on any atom is -0.396 e. The van der Waals surface area contributed by atoms with Crippen LogP contribution >= 0.6 is 0 Å². The predicted octanol–water partition coefficient (Wildman–Crippen LogP) is 2.72. The molecule has 1 N–H and O–H groups in total. The molecule has 3 heteroatoms. The number of benzene rings is 1. The van der Waals surface area contributed by atoms with Gasteiger partial charge in [-0.05, 0) is 38.7 Å². The van der Waals surface area contributed by atoms with Crippen molar-refractivity contribution in [3.8, 4) is 0 Å². The fraction of sp³-hybridized carbons (Fsp3) is 0.588. The third-order valence-electron chi connectivity index (χ3n) is 4.22.